The van der Waals surface area contributed by atoms with E-state index >= 15 is 0 Å². The summed E-state index contributed by atoms with van der Waals surface area (Å²) in [6, 6.07) is 0. The highest BCUT2D eigenvalue weighted by molar-refractivity contribution is 5.88. The molecule has 0 aliphatic rings. The zero-order valence-corrected chi connectivity index (χ0v) is 8.89. The Morgan fingerprint density at radius 2 is 1.92 bits per heavy atom. The van der Waals surface area contributed by atoms with Gasteiger partial charge in [-0.1, -0.05) is 34.1 Å². The molecule has 12 heavy (non-hydrogen) atoms. The second kappa shape index (κ2) is 4.45. The van der Waals surface area contributed by atoms with Gasteiger partial charge in [0.25, 0.3) is 0 Å². The summed E-state index contributed by atoms with van der Waals surface area (Å²) in [4.78, 5) is 0. The molecule has 0 unspecified atom stereocenters. The number of hydrazone groups is 1. The van der Waals surface area contributed by atoms with Crippen molar-refractivity contribution >= 4 is 5.71 Å². The van der Waals surface area contributed by atoms with Crippen molar-refractivity contribution in [3.63, 3.8) is 0 Å². The topological polar surface area (TPSA) is 41.6 Å². The van der Waals surface area contributed by atoms with Gasteiger partial charge in [0.05, 0.1) is 0 Å². The van der Waals surface area contributed by atoms with Crippen LogP contribution in [-0.4, -0.2) is 17.9 Å². The zero-order chi connectivity index (χ0) is 9.78. The highest BCUT2D eigenvalue weighted by Crippen LogP contribution is 2.19. The fourth-order valence-corrected chi connectivity index (χ4v) is 1.00. The van der Waals surface area contributed by atoms with E-state index in [0.717, 1.165) is 18.6 Å². The van der Waals surface area contributed by atoms with Crippen molar-refractivity contribution in [1.29, 1.82) is 0 Å². The lowest BCUT2D eigenvalue weighted by atomic mass is 9.87. The van der Waals surface area contributed by atoms with Crippen molar-refractivity contribution in [2.75, 3.05) is 7.05 Å². The van der Waals surface area contributed by atoms with Crippen molar-refractivity contribution in [3.05, 3.63) is 0 Å². The average Bonchev–Trinajstić information content (AvgIpc) is 1.83. The highest BCUT2D eigenvalue weighted by Gasteiger charge is 2.18. The van der Waals surface area contributed by atoms with Crippen LogP contribution >= 0.6 is 0 Å². The van der Waals surface area contributed by atoms with Gasteiger partial charge in [-0.25, -0.2) is 11.0 Å². The Bertz CT molecular complexity index is 154. The second-order valence-electron chi connectivity index (χ2n) is 4.12. The van der Waals surface area contributed by atoms with Gasteiger partial charge in [0.2, 0.25) is 0 Å². The summed E-state index contributed by atoms with van der Waals surface area (Å²) in [5.74, 6) is 5.47. The van der Waals surface area contributed by atoms with E-state index in [1.54, 1.807) is 7.05 Å². The van der Waals surface area contributed by atoms with Gasteiger partial charge in [-0.05, 0) is 6.42 Å². The molecule has 0 fully saturated rings. The van der Waals surface area contributed by atoms with Crippen LogP contribution in [0.15, 0.2) is 5.10 Å². The van der Waals surface area contributed by atoms with Crippen molar-refractivity contribution < 1.29 is 0 Å². The van der Waals surface area contributed by atoms with Crippen LogP contribution in [0.25, 0.3) is 0 Å². The smallest absolute Gasteiger partial charge is 0.0449 e. The molecular formula is C9H21N3. The molecule has 0 aliphatic heterocycles. The SMILES string of the molecule is CCC/C(=N\N(C)N)C(C)(C)C. The molecule has 0 aromatic heterocycles. The first-order valence-corrected chi connectivity index (χ1v) is 4.44. The molecule has 2 N–H and O–H groups in total. The Kier molecular flexibility index (Phi) is 4.24. The molecule has 0 saturated heterocycles. The van der Waals surface area contributed by atoms with Gasteiger partial charge in [0, 0.05) is 18.2 Å². The molecule has 0 aliphatic carbocycles. The third-order valence-corrected chi connectivity index (χ3v) is 1.63. The molecule has 0 amide bonds. The first-order valence-electron chi connectivity index (χ1n) is 4.44. The van der Waals surface area contributed by atoms with Crippen molar-refractivity contribution in [2.24, 2.45) is 16.4 Å². The molecule has 0 atom stereocenters. The van der Waals surface area contributed by atoms with E-state index in [-0.39, 0.29) is 5.41 Å². The predicted molar refractivity (Wildman–Crippen MR) is 53.7 cm³/mol. The van der Waals surface area contributed by atoms with Gasteiger partial charge >= 0.3 is 0 Å². The standard InChI is InChI=1S/C9H21N3/c1-6-7-8(9(2,3)4)11-12(5)10/h6-7,10H2,1-5H3/b11-8+. The molecule has 0 bridgehead atoms. The monoisotopic (exact) mass is 171 g/mol. The average molecular weight is 171 g/mol. The minimum atomic E-state index is 0.129. The maximum absolute atomic E-state index is 5.47. The first kappa shape index (κ1) is 11.4. The number of nitrogens with zero attached hydrogens (tertiary/aromatic N) is 2. The van der Waals surface area contributed by atoms with E-state index in [9.17, 15) is 0 Å². The van der Waals surface area contributed by atoms with E-state index in [2.05, 4.69) is 32.8 Å². The molecule has 0 radical (unpaired) electrons. The number of hydrogen-bond acceptors (Lipinski definition) is 3. The molecule has 72 valence electrons. The molecule has 0 aromatic carbocycles. The quantitative estimate of drug-likeness (QED) is 0.401. The number of nitrogens with two attached hydrogens (primary N) is 1. The molecule has 3 heteroatoms. The molecule has 3 nitrogen and oxygen atoms in total. The lowest BCUT2D eigenvalue weighted by molar-refractivity contribution is 0.361. The van der Waals surface area contributed by atoms with Crippen molar-refractivity contribution in [3.8, 4) is 0 Å². The highest BCUT2D eigenvalue weighted by atomic mass is 15.6. The van der Waals surface area contributed by atoms with Crippen molar-refractivity contribution in [2.45, 2.75) is 40.5 Å². The predicted octanol–water partition coefficient (Wildman–Crippen LogP) is 1.99. The minimum absolute atomic E-state index is 0.129. The largest absolute Gasteiger partial charge is 0.236 e. The van der Waals surface area contributed by atoms with Crippen molar-refractivity contribution in [1.82, 2.24) is 5.12 Å². The molecular weight excluding hydrogens is 150 g/mol. The van der Waals surface area contributed by atoms with Gasteiger partial charge in [-0.2, -0.15) is 5.10 Å². The summed E-state index contributed by atoms with van der Waals surface area (Å²) in [6.45, 7) is 8.62. The Hall–Kier alpha value is -0.570. The lowest BCUT2D eigenvalue weighted by Crippen LogP contribution is -2.27. The third kappa shape index (κ3) is 4.34. The van der Waals surface area contributed by atoms with E-state index < -0.39 is 0 Å². The fraction of sp³-hybridized carbons (Fsp3) is 0.889. The Morgan fingerprint density at radius 1 is 1.42 bits per heavy atom. The van der Waals surface area contributed by atoms with Gasteiger partial charge in [0.15, 0.2) is 0 Å². The summed E-state index contributed by atoms with van der Waals surface area (Å²) >= 11 is 0. The van der Waals surface area contributed by atoms with Gasteiger partial charge in [0.1, 0.15) is 0 Å². The molecule has 0 saturated carbocycles. The summed E-state index contributed by atoms with van der Waals surface area (Å²) < 4.78 is 0. The van der Waals surface area contributed by atoms with Crippen LogP contribution in [0.4, 0.5) is 0 Å². The Morgan fingerprint density at radius 3 is 2.17 bits per heavy atom. The lowest BCUT2D eigenvalue weighted by Gasteiger charge is -2.22. The molecule has 0 rings (SSSR count). The van der Waals surface area contributed by atoms with Gasteiger partial charge < -0.3 is 0 Å². The maximum Gasteiger partial charge on any atom is 0.0449 e. The third-order valence-electron chi connectivity index (χ3n) is 1.63. The number of rotatable bonds is 3. The van der Waals surface area contributed by atoms with E-state index in [1.165, 1.54) is 5.12 Å². The van der Waals surface area contributed by atoms with Crippen LogP contribution in [0, 0.1) is 5.41 Å². The molecule has 0 aromatic rings. The molecule has 0 spiro atoms. The first-order chi connectivity index (χ1) is 5.38. The van der Waals surface area contributed by atoms with Crippen LogP contribution in [-0.2, 0) is 0 Å². The van der Waals surface area contributed by atoms with Crippen LogP contribution in [0.2, 0.25) is 0 Å². The van der Waals surface area contributed by atoms with Crippen LogP contribution in [0.5, 0.6) is 0 Å². The van der Waals surface area contributed by atoms with Crippen LogP contribution in [0.3, 0.4) is 0 Å². The fourth-order valence-electron chi connectivity index (χ4n) is 1.00. The zero-order valence-electron chi connectivity index (χ0n) is 8.89. The Labute approximate surface area is 75.6 Å². The van der Waals surface area contributed by atoms with E-state index in [4.69, 9.17) is 5.84 Å². The number of hydrazine groups is 1. The summed E-state index contributed by atoms with van der Waals surface area (Å²) in [7, 11) is 1.75. The molecule has 0 heterocycles. The summed E-state index contributed by atoms with van der Waals surface area (Å²) in [5, 5.41) is 5.65. The second-order valence-corrected chi connectivity index (χ2v) is 4.12. The summed E-state index contributed by atoms with van der Waals surface area (Å²) in [6.07, 6.45) is 2.13. The normalized spacial score (nSPS) is 13.3. The van der Waals surface area contributed by atoms with Crippen LogP contribution < -0.4 is 5.84 Å². The number of hydrogen-bond donors (Lipinski definition) is 1. The Balaban J connectivity index is 4.44. The van der Waals surface area contributed by atoms with E-state index in [1.807, 2.05) is 0 Å². The van der Waals surface area contributed by atoms with Gasteiger partial charge in [-0.15, -0.1) is 0 Å². The summed E-state index contributed by atoms with van der Waals surface area (Å²) in [5.41, 5.74) is 1.29. The van der Waals surface area contributed by atoms with Gasteiger partial charge in [-0.3, -0.25) is 0 Å². The van der Waals surface area contributed by atoms with E-state index in [0.29, 0.717) is 0 Å². The maximum atomic E-state index is 5.47. The van der Waals surface area contributed by atoms with Crippen LogP contribution in [0.1, 0.15) is 40.5 Å². The minimum Gasteiger partial charge on any atom is -0.236 e.